The lowest BCUT2D eigenvalue weighted by molar-refractivity contribution is -0.143. The minimum Gasteiger partial charge on any atom is -0.466 e. The van der Waals surface area contributed by atoms with Gasteiger partial charge in [0.25, 0.3) is 0 Å². The number of rotatable bonds is 4. The van der Waals surface area contributed by atoms with Crippen molar-refractivity contribution in [3.8, 4) is 6.07 Å². The molecule has 0 radical (unpaired) electrons. The third kappa shape index (κ3) is 4.15. The van der Waals surface area contributed by atoms with Gasteiger partial charge in [0.15, 0.2) is 0 Å². The fourth-order valence-electron chi connectivity index (χ4n) is 0.581. The van der Waals surface area contributed by atoms with E-state index in [1.165, 1.54) is 6.08 Å². The third-order valence-corrected chi connectivity index (χ3v) is 1.14. The van der Waals surface area contributed by atoms with E-state index < -0.39 is 5.92 Å². The molecule has 1 atom stereocenters. The number of nitrogens with zero attached hydrogens (tertiary/aromatic N) is 1. The number of hydrogen-bond acceptors (Lipinski definition) is 3. The highest BCUT2D eigenvalue weighted by atomic mass is 16.5. The van der Waals surface area contributed by atoms with E-state index in [-0.39, 0.29) is 12.4 Å². The molecule has 60 valence electrons. The van der Waals surface area contributed by atoms with Crippen LogP contribution in [0.2, 0.25) is 0 Å². The van der Waals surface area contributed by atoms with Gasteiger partial charge in [0, 0.05) is 0 Å². The molecule has 0 N–H and O–H groups in total. The van der Waals surface area contributed by atoms with Crippen LogP contribution in [-0.4, -0.2) is 12.6 Å². The monoisotopic (exact) mass is 153 g/mol. The number of carbonyl (C=O) groups excluding carboxylic acids is 1. The van der Waals surface area contributed by atoms with Crippen molar-refractivity contribution in [2.75, 3.05) is 6.61 Å². The molecule has 1 unspecified atom stereocenters. The van der Waals surface area contributed by atoms with Crippen LogP contribution in [-0.2, 0) is 9.53 Å². The predicted molar refractivity (Wildman–Crippen MR) is 40.6 cm³/mol. The van der Waals surface area contributed by atoms with Crippen molar-refractivity contribution in [1.29, 1.82) is 5.26 Å². The average Bonchev–Trinajstić information content (AvgIpc) is 2.01. The molecule has 0 aliphatic rings. The Labute approximate surface area is 66.3 Å². The van der Waals surface area contributed by atoms with Crippen LogP contribution in [0.25, 0.3) is 0 Å². The summed E-state index contributed by atoms with van der Waals surface area (Å²) in [6.45, 7) is 5.50. The highest BCUT2D eigenvalue weighted by Gasteiger charge is 2.09. The van der Waals surface area contributed by atoms with Crippen LogP contribution < -0.4 is 0 Å². The molecule has 3 nitrogen and oxygen atoms in total. The number of ether oxygens (including phenoxy) is 1. The molecule has 0 spiro atoms. The van der Waals surface area contributed by atoms with E-state index in [0.29, 0.717) is 6.61 Å². The molecule has 0 amide bonds. The van der Waals surface area contributed by atoms with Gasteiger partial charge in [-0.15, -0.1) is 6.58 Å². The minimum atomic E-state index is -0.422. The zero-order valence-corrected chi connectivity index (χ0v) is 6.54. The Hall–Kier alpha value is -1.30. The first kappa shape index (κ1) is 9.70. The molecule has 0 saturated carbocycles. The van der Waals surface area contributed by atoms with Crippen LogP contribution in [0.15, 0.2) is 12.7 Å². The van der Waals surface area contributed by atoms with Crippen molar-refractivity contribution in [3.63, 3.8) is 0 Å². The second-order valence-corrected chi connectivity index (χ2v) is 1.98. The van der Waals surface area contributed by atoms with Crippen LogP contribution in [0.4, 0.5) is 0 Å². The molecule has 0 aliphatic heterocycles. The van der Waals surface area contributed by atoms with Gasteiger partial charge in [-0.25, -0.2) is 0 Å². The Morgan fingerprint density at radius 1 is 1.91 bits per heavy atom. The Bertz CT molecular complexity index is 181. The van der Waals surface area contributed by atoms with Gasteiger partial charge in [-0.1, -0.05) is 6.08 Å². The predicted octanol–water partition coefficient (Wildman–Crippen LogP) is 1.27. The van der Waals surface area contributed by atoms with Crippen molar-refractivity contribution < 1.29 is 9.53 Å². The quantitative estimate of drug-likeness (QED) is 0.451. The summed E-state index contributed by atoms with van der Waals surface area (Å²) >= 11 is 0. The second kappa shape index (κ2) is 5.48. The molecule has 0 saturated heterocycles. The fourth-order valence-corrected chi connectivity index (χ4v) is 0.581. The first-order valence-electron chi connectivity index (χ1n) is 3.42. The maximum absolute atomic E-state index is 10.8. The number of hydrogen-bond donors (Lipinski definition) is 0. The second-order valence-electron chi connectivity index (χ2n) is 1.98. The van der Waals surface area contributed by atoms with Gasteiger partial charge in [-0.2, -0.15) is 5.26 Å². The molecule has 0 fully saturated rings. The maximum atomic E-state index is 10.8. The first-order valence-corrected chi connectivity index (χ1v) is 3.42. The zero-order chi connectivity index (χ0) is 8.69. The van der Waals surface area contributed by atoms with E-state index in [1.807, 2.05) is 6.07 Å². The number of esters is 1. The van der Waals surface area contributed by atoms with E-state index in [2.05, 4.69) is 11.3 Å². The number of nitriles is 1. The molecule has 0 aromatic rings. The molecule has 3 heteroatoms. The van der Waals surface area contributed by atoms with Crippen LogP contribution >= 0.6 is 0 Å². The van der Waals surface area contributed by atoms with Crippen molar-refractivity contribution in [2.24, 2.45) is 5.92 Å². The minimum absolute atomic E-state index is 0.105. The highest BCUT2D eigenvalue weighted by molar-refractivity contribution is 5.70. The maximum Gasteiger partial charge on any atom is 0.307 e. The van der Waals surface area contributed by atoms with Gasteiger partial charge in [-0.3, -0.25) is 4.79 Å². The topological polar surface area (TPSA) is 50.1 Å². The Morgan fingerprint density at radius 3 is 2.91 bits per heavy atom. The van der Waals surface area contributed by atoms with Crippen molar-refractivity contribution in [1.82, 2.24) is 0 Å². The van der Waals surface area contributed by atoms with E-state index in [1.54, 1.807) is 6.92 Å². The largest absolute Gasteiger partial charge is 0.466 e. The van der Waals surface area contributed by atoms with Gasteiger partial charge in [-0.05, 0) is 6.92 Å². The molecule has 0 rings (SSSR count). The summed E-state index contributed by atoms with van der Waals surface area (Å²) in [5.41, 5.74) is 0. The Morgan fingerprint density at radius 2 is 2.55 bits per heavy atom. The van der Waals surface area contributed by atoms with Crippen molar-refractivity contribution >= 4 is 5.97 Å². The number of carbonyl (C=O) groups is 1. The SMILES string of the molecule is C=CC(C#N)CC(=O)OCC. The van der Waals surface area contributed by atoms with Gasteiger partial charge in [0.1, 0.15) is 0 Å². The molecule has 0 heterocycles. The highest BCUT2D eigenvalue weighted by Crippen LogP contribution is 2.03. The molecule has 0 aromatic carbocycles. The summed E-state index contributed by atoms with van der Waals surface area (Å²) in [5, 5.41) is 8.41. The van der Waals surface area contributed by atoms with Crippen LogP contribution in [0.5, 0.6) is 0 Å². The summed E-state index contributed by atoms with van der Waals surface area (Å²) in [4.78, 5) is 10.8. The normalized spacial score (nSPS) is 11.3. The van der Waals surface area contributed by atoms with Gasteiger partial charge >= 0.3 is 5.97 Å². The lowest BCUT2D eigenvalue weighted by Gasteiger charge is -2.01. The Kier molecular flexibility index (Phi) is 4.83. The van der Waals surface area contributed by atoms with Crippen molar-refractivity contribution in [3.05, 3.63) is 12.7 Å². The molecular weight excluding hydrogens is 142 g/mol. The molecule has 0 bridgehead atoms. The van der Waals surface area contributed by atoms with E-state index >= 15 is 0 Å². The van der Waals surface area contributed by atoms with E-state index in [0.717, 1.165) is 0 Å². The van der Waals surface area contributed by atoms with Gasteiger partial charge in [0.05, 0.1) is 25.0 Å². The summed E-state index contributed by atoms with van der Waals surface area (Å²) < 4.78 is 4.64. The zero-order valence-electron chi connectivity index (χ0n) is 6.54. The summed E-state index contributed by atoms with van der Waals surface area (Å²) in [5.74, 6) is -0.770. The molecular formula is C8H11NO2. The van der Waals surface area contributed by atoms with Crippen LogP contribution in [0, 0.1) is 17.2 Å². The molecule has 0 aliphatic carbocycles. The van der Waals surface area contributed by atoms with Gasteiger partial charge in [0.2, 0.25) is 0 Å². The average molecular weight is 153 g/mol. The van der Waals surface area contributed by atoms with Gasteiger partial charge < -0.3 is 4.74 Å². The van der Waals surface area contributed by atoms with Crippen LogP contribution in [0.1, 0.15) is 13.3 Å². The first-order chi connectivity index (χ1) is 5.24. The standard InChI is InChI=1S/C8H11NO2/c1-3-7(6-9)5-8(10)11-4-2/h3,7H,1,4-5H2,2H3. The smallest absolute Gasteiger partial charge is 0.307 e. The Balaban J connectivity index is 3.74. The van der Waals surface area contributed by atoms with Crippen molar-refractivity contribution in [2.45, 2.75) is 13.3 Å². The summed E-state index contributed by atoms with van der Waals surface area (Å²) in [6.07, 6.45) is 1.55. The third-order valence-electron chi connectivity index (χ3n) is 1.14. The lowest BCUT2D eigenvalue weighted by Crippen LogP contribution is -2.08. The number of allylic oxidation sites excluding steroid dienone is 1. The summed E-state index contributed by atoms with van der Waals surface area (Å²) in [6, 6.07) is 1.92. The summed E-state index contributed by atoms with van der Waals surface area (Å²) in [7, 11) is 0. The molecule has 0 aromatic heterocycles. The van der Waals surface area contributed by atoms with Crippen LogP contribution in [0.3, 0.4) is 0 Å². The van der Waals surface area contributed by atoms with E-state index in [4.69, 9.17) is 5.26 Å². The van der Waals surface area contributed by atoms with E-state index in [9.17, 15) is 4.79 Å². The lowest BCUT2D eigenvalue weighted by atomic mass is 10.1. The fraction of sp³-hybridized carbons (Fsp3) is 0.500. The molecule has 11 heavy (non-hydrogen) atoms.